The normalized spacial score (nSPS) is 16.6. The summed E-state index contributed by atoms with van der Waals surface area (Å²) in [4.78, 5) is 2.50. The van der Waals surface area contributed by atoms with Gasteiger partial charge in [0.2, 0.25) is 0 Å². The van der Waals surface area contributed by atoms with Gasteiger partial charge in [0.15, 0.2) is 0 Å². The average Bonchev–Trinajstić information content (AvgIpc) is 2.11. The molecule has 0 spiro atoms. The zero-order chi connectivity index (χ0) is 10.2. The maximum atomic E-state index is 8.80. The number of hydrogen-bond donors (Lipinski definition) is 1. The van der Waals surface area contributed by atoms with Gasteiger partial charge in [-0.05, 0) is 32.2 Å². The van der Waals surface area contributed by atoms with Crippen molar-refractivity contribution in [2.24, 2.45) is 0 Å². The van der Waals surface area contributed by atoms with E-state index in [-0.39, 0.29) is 0 Å². The number of nitrogens with zero attached hydrogens (tertiary/aromatic N) is 1. The Hall–Kier alpha value is -0.520. The molecule has 2 heteroatoms. The van der Waals surface area contributed by atoms with Crippen LogP contribution in [0.5, 0.6) is 0 Å². The Morgan fingerprint density at radius 2 is 2.00 bits per heavy atom. The summed E-state index contributed by atoms with van der Waals surface area (Å²) in [6.45, 7) is 2.44. The molecule has 0 aromatic heterocycles. The number of terminal acetylenes is 1. The van der Waals surface area contributed by atoms with Gasteiger partial charge in [-0.3, -0.25) is 0 Å². The zero-order valence-corrected chi connectivity index (χ0v) is 8.91. The number of aliphatic hydroxyl groups is 1. The molecule has 0 aliphatic heterocycles. The highest BCUT2D eigenvalue weighted by molar-refractivity contribution is 4.85. The largest absolute Gasteiger partial charge is 0.396 e. The van der Waals surface area contributed by atoms with Crippen LogP contribution in [0.1, 0.15) is 38.5 Å². The minimum Gasteiger partial charge on any atom is -0.396 e. The lowest BCUT2D eigenvalue weighted by molar-refractivity contribution is 0.116. The number of rotatable bonds is 7. The first kappa shape index (κ1) is 11.6. The van der Waals surface area contributed by atoms with E-state index < -0.39 is 0 Å². The Balaban J connectivity index is 2.18. The molecule has 0 radical (unpaired) electrons. The fraction of sp³-hybridized carbons (Fsp3) is 0.833. The van der Waals surface area contributed by atoms with E-state index >= 15 is 0 Å². The molecule has 1 aliphatic rings. The summed E-state index contributed by atoms with van der Waals surface area (Å²) in [6.07, 6.45) is 12.1. The molecule has 0 aromatic carbocycles. The predicted molar refractivity (Wildman–Crippen MR) is 59.0 cm³/mol. The molecule has 0 heterocycles. The van der Waals surface area contributed by atoms with Crippen LogP contribution >= 0.6 is 0 Å². The molecule has 2 nitrogen and oxygen atoms in total. The number of hydrogen-bond acceptors (Lipinski definition) is 2. The summed E-state index contributed by atoms with van der Waals surface area (Å²) >= 11 is 0. The molecule has 0 atom stereocenters. The van der Waals surface area contributed by atoms with Gasteiger partial charge in [0.05, 0.1) is 0 Å². The molecule has 1 N–H and O–H groups in total. The van der Waals surface area contributed by atoms with Gasteiger partial charge in [0, 0.05) is 25.6 Å². The summed E-state index contributed by atoms with van der Waals surface area (Å²) < 4.78 is 0. The minimum absolute atomic E-state index is 0.304. The van der Waals surface area contributed by atoms with Gasteiger partial charge in [-0.2, -0.15) is 0 Å². The van der Waals surface area contributed by atoms with E-state index in [0.29, 0.717) is 6.61 Å². The maximum absolute atomic E-state index is 8.80. The van der Waals surface area contributed by atoms with Crippen LogP contribution in [0.15, 0.2) is 0 Å². The van der Waals surface area contributed by atoms with Crippen molar-refractivity contribution < 1.29 is 5.11 Å². The Morgan fingerprint density at radius 1 is 1.29 bits per heavy atom. The van der Waals surface area contributed by atoms with E-state index in [9.17, 15) is 0 Å². The molecule has 0 saturated heterocycles. The topological polar surface area (TPSA) is 23.5 Å². The van der Waals surface area contributed by atoms with Crippen molar-refractivity contribution in [1.82, 2.24) is 4.90 Å². The molecular weight excluding hydrogens is 174 g/mol. The van der Waals surface area contributed by atoms with Gasteiger partial charge in [-0.25, -0.2) is 0 Å². The molecule has 1 rings (SSSR count). The fourth-order valence-electron chi connectivity index (χ4n) is 1.89. The second-order valence-electron chi connectivity index (χ2n) is 4.01. The maximum Gasteiger partial charge on any atom is 0.0443 e. The van der Waals surface area contributed by atoms with Crippen molar-refractivity contribution in [1.29, 1.82) is 0 Å². The number of unbranched alkanes of at least 4 members (excludes halogenated alkanes) is 1. The van der Waals surface area contributed by atoms with Gasteiger partial charge < -0.3 is 10.0 Å². The second-order valence-corrected chi connectivity index (χ2v) is 4.01. The lowest BCUT2D eigenvalue weighted by Crippen LogP contribution is -2.41. The average molecular weight is 195 g/mol. The lowest BCUT2D eigenvalue weighted by Gasteiger charge is -2.37. The van der Waals surface area contributed by atoms with Crippen molar-refractivity contribution in [3.8, 4) is 12.3 Å². The molecule has 0 aromatic rings. The van der Waals surface area contributed by atoms with Crippen molar-refractivity contribution >= 4 is 0 Å². The van der Waals surface area contributed by atoms with Crippen LogP contribution in [0, 0.1) is 12.3 Å². The zero-order valence-electron chi connectivity index (χ0n) is 8.91. The molecule has 0 amide bonds. The second kappa shape index (κ2) is 6.86. The molecule has 14 heavy (non-hydrogen) atoms. The van der Waals surface area contributed by atoms with Crippen molar-refractivity contribution in [2.45, 2.75) is 44.6 Å². The minimum atomic E-state index is 0.304. The van der Waals surface area contributed by atoms with Gasteiger partial charge in [-0.1, -0.05) is 6.42 Å². The van der Waals surface area contributed by atoms with Crippen molar-refractivity contribution in [3.63, 3.8) is 0 Å². The third-order valence-electron chi connectivity index (χ3n) is 2.96. The Labute approximate surface area is 87.3 Å². The van der Waals surface area contributed by atoms with E-state index in [4.69, 9.17) is 11.5 Å². The van der Waals surface area contributed by atoms with Gasteiger partial charge in [0.25, 0.3) is 0 Å². The SMILES string of the molecule is C#CCCCN(CCCO)C1CCC1. The highest BCUT2D eigenvalue weighted by Crippen LogP contribution is 2.25. The lowest BCUT2D eigenvalue weighted by atomic mass is 9.91. The van der Waals surface area contributed by atoms with Crippen LogP contribution in [0.2, 0.25) is 0 Å². The Morgan fingerprint density at radius 3 is 2.50 bits per heavy atom. The molecule has 1 fully saturated rings. The Kier molecular flexibility index (Phi) is 5.66. The first-order chi connectivity index (χ1) is 6.88. The van der Waals surface area contributed by atoms with Gasteiger partial charge >= 0.3 is 0 Å². The van der Waals surface area contributed by atoms with Gasteiger partial charge in [0.1, 0.15) is 0 Å². The van der Waals surface area contributed by atoms with Crippen LogP contribution < -0.4 is 0 Å². The van der Waals surface area contributed by atoms with E-state index in [1.165, 1.54) is 19.3 Å². The highest BCUT2D eigenvalue weighted by atomic mass is 16.3. The van der Waals surface area contributed by atoms with E-state index in [1.807, 2.05) is 0 Å². The third kappa shape index (κ3) is 3.69. The summed E-state index contributed by atoms with van der Waals surface area (Å²) in [6, 6.07) is 0.777. The number of aliphatic hydroxyl groups excluding tert-OH is 1. The summed E-state index contributed by atoms with van der Waals surface area (Å²) in [5, 5.41) is 8.80. The smallest absolute Gasteiger partial charge is 0.0443 e. The first-order valence-electron chi connectivity index (χ1n) is 5.67. The molecule has 0 unspecified atom stereocenters. The highest BCUT2D eigenvalue weighted by Gasteiger charge is 2.23. The van der Waals surface area contributed by atoms with Crippen LogP contribution in [0.25, 0.3) is 0 Å². The summed E-state index contributed by atoms with van der Waals surface area (Å²) in [5.41, 5.74) is 0. The van der Waals surface area contributed by atoms with E-state index in [2.05, 4.69) is 10.8 Å². The van der Waals surface area contributed by atoms with E-state index in [1.54, 1.807) is 0 Å². The quantitative estimate of drug-likeness (QED) is 0.493. The predicted octanol–water partition coefficient (Wildman–Crippen LogP) is 1.64. The van der Waals surface area contributed by atoms with Crippen molar-refractivity contribution in [3.05, 3.63) is 0 Å². The Bertz CT molecular complexity index is 181. The molecule has 1 aliphatic carbocycles. The van der Waals surface area contributed by atoms with Crippen LogP contribution in [-0.2, 0) is 0 Å². The van der Waals surface area contributed by atoms with Crippen LogP contribution in [0.3, 0.4) is 0 Å². The summed E-state index contributed by atoms with van der Waals surface area (Å²) in [7, 11) is 0. The van der Waals surface area contributed by atoms with Crippen LogP contribution in [-0.4, -0.2) is 35.7 Å². The van der Waals surface area contributed by atoms with Crippen molar-refractivity contribution in [2.75, 3.05) is 19.7 Å². The molecule has 1 saturated carbocycles. The molecule has 0 bridgehead atoms. The fourth-order valence-corrected chi connectivity index (χ4v) is 1.89. The molecule has 80 valence electrons. The van der Waals surface area contributed by atoms with E-state index in [0.717, 1.165) is 38.4 Å². The summed E-state index contributed by atoms with van der Waals surface area (Å²) in [5.74, 6) is 2.68. The monoisotopic (exact) mass is 195 g/mol. The van der Waals surface area contributed by atoms with Gasteiger partial charge in [-0.15, -0.1) is 12.3 Å². The third-order valence-corrected chi connectivity index (χ3v) is 2.96. The molecular formula is C12H21NO. The van der Waals surface area contributed by atoms with Crippen LogP contribution in [0.4, 0.5) is 0 Å². The first-order valence-corrected chi connectivity index (χ1v) is 5.67. The standard InChI is InChI=1S/C12H21NO/c1-2-3-4-9-13(10-6-11-14)12-7-5-8-12/h1,12,14H,3-11H2.